The molecule has 0 aliphatic carbocycles. The molecule has 3 heteroatoms. The maximum atomic E-state index is 10.6. The molecule has 0 saturated heterocycles. The summed E-state index contributed by atoms with van der Waals surface area (Å²) in [5, 5.41) is 10.6. The number of carboxylic acids is 1. The Bertz CT molecular complexity index is 346. The summed E-state index contributed by atoms with van der Waals surface area (Å²) < 4.78 is 5.22. The number of carbonyl (C=O) groups is 1. The van der Waals surface area contributed by atoms with Gasteiger partial charge in [0.25, 0.3) is 0 Å². The van der Waals surface area contributed by atoms with Crippen molar-refractivity contribution in [2.45, 2.75) is 18.9 Å². The first-order valence-electron chi connectivity index (χ1n) is 4.16. The van der Waals surface area contributed by atoms with Crippen molar-refractivity contribution in [2.75, 3.05) is 0 Å². The van der Waals surface area contributed by atoms with Crippen LogP contribution in [-0.4, -0.2) is 12.1 Å². The lowest BCUT2D eigenvalue weighted by atomic mass is 9.98. The molecule has 1 heterocycles. The summed E-state index contributed by atoms with van der Waals surface area (Å²) in [6.45, 7) is 1.83. The lowest BCUT2D eigenvalue weighted by Gasteiger charge is -2.15. The Morgan fingerprint density at radius 1 is 1.46 bits per heavy atom. The minimum atomic E-state index is -1.15. The number of aliphatic carboxylic acids is 1. The summed E-state index contributed by atoms with van der Waals surface area (Å²) in [6.07, 6.45) is -0.836. The summed E-state index contributed by atoms with van der Waals surface area (Å²) in [7, 11) is 0. The van der Waals surface area contributed by atoms with Crippen LogP contribution in [-0.2, 0) is 4.79 Å². The maximum absolute atomic E-state index is 10.6. The molecule has 0 fully saturated rings. The Morgan fingerprint density at radius 3 is 2.77 bits per heavy atom. The molecular weight excluding hydrogens is 168 g/mol. The van der Waals surface area contributed by atoms with Gasteiger partial charge in [-0.25, -0.2) is 0 Å². The first-order chi connectivity index (χ1) is 6.20. The molecule has 0 N–H and O–H groups in total. The van der Waals surface area contributed by atoms with E-state index in [0.29, 0.717) is 5.75 Å². The Kier molecular flexibility index (Phi) is 1.72. The highest BCUT2D eigenvalue weighted by atomic mass is 16.5. The molecule has 0 amide bonds. The van der Waals surface area contributed by atoms with E-state index in [1.54, 1.807) is 6.07 Å². The number of ether oxygens (including phenoxy) is 1. The fraction of sp³-hybridized carbons (Fsp3) is 0.300. The minimum absolute atomic E-state index is 0.124. The molecule has 2 rings (SSSR count). The average molecular weight is 177 g/mol. The Hall–Kier alpha value is -1.51. The molecule has 1 aromatic rings. The highest BCUT2D eigenvalue weighted by molar-refractivity contribution is 5.74. The summed E-state index contributed by atoms with van der Waals surface area (Å²) in [6, 6.07) is 7.34. The minimum Gasteiger partial charge on any atom is -0.546 e. The molecule has 3 nitrogen and oxygen atoms in total. The van der Waals surface area contributed by atoms with E-state index in [1.807, 2.05) is 25.1 Å². The number of hydrogen-bond donors (Lipinski definition) is 0. The van der Waals surface area contributed by atoms with Crippen LogP contribution in [0.25, 0.3) is 0 Å². The predicted molar refractivity (Wildman–Crippen MR) is 44.3 cm³/mol. The molecule has 0 aromatic heterocycles. The zero-order valence-corrected chi connectivity index (χ0v) is 7.19. The lowest BCUT2D eigenvalue weighted by Crippen LogP contribution is -2.39. The van der Waals surface area contributed by atoms with E-state index < -0.39 is 12.1 Å². The van der Waals surface area contributed by atoms with Gasteiger partial charge >= 0.3 is 0 Å². The molecule has 1 aliphatic heterocycles. The summed E-state index contributed by atoms with van der Waals surface area (Å²) in [5.41, 5.74) is 0.941. The van der Waals surface area contributed by atoms with Gasteiger partial charge in [-0.05, 0) is 6.07 Å². The van der Waals surface area contributed by atoms with Gasteiger partial charge in [-0.15, -0.1) is 0 Å². The van der Waals surface area contributed by atoms with Gasteiger partial charge in [-0.1, -0.05) is 25.1 Å². The highest BCUT2D eigenvalue weighted by Crippen LogP contribution is 2.37. The summed E-state index contributed by atoms with van der Waals surface area (Å²) >= 11 is 0. The third-order valence-electron chi connectivity index (χ3n) is 2.35. The van der Waals surface area contributed by atoms with E-state index in [2.05, 4.69) is 0 Å². The van der Waals surface area contributed by atoms with Gasteiger partial charge in [-0.2, -0.15) is 0 Å². The summed E-state index contributed by atoms with van der Waals surface area (Å²) in [5.74, 6) is -0.617. The molecular formula is C10H9O3-. The first-order valence-corrected chi connectivity index (χ1v) is 4.16. The highest BCUT2D eigenvalue weighted by Gasteiger charge is 2.31. The van der Waals surface area contributed by atoms with E-state index >= 15 is 0 Å². The second-order valence-electron chi connectivity index (χ2n) is 3.18. The van der Waals surface area contributed by atoms with Gasteiger partial charge in [0, 0.05) is 11.5 Å². The van der Waals surface area contributed by atoms with E-state index in [0.717, 1.165) is 5.56 Å². The zero-order chi connectivity index (χ0) is 9.42. The SMILES string of the molecule is CC1c2ccccc2OC1C(=O)[O-]. The topological polar surface area (TPSA) is 49.4 Å². The molecule has 0 saturated carbocycles. The molecule has 1 aliphatic rings. The van der Waals surface area contributed by atoms with Crippen molar-refractivity contribution in [3.05, 3.63) is 29.8 Å². The number of carboxylic acid groups (broad SMARTS) is 1. The van der Waals surface area contributed by atoms with Crippen molar-refractivity contribution in [1.29, 1.82) is 0 Å². The Morgan fingerprint density at radius 2 is 2.15 bits per heavy atom. The third-order valence-corrected chi connectivity index (χ3v) is 2.35. The third kappa shape index (κ3) is 1.16. The average Bonchev–Trinajstić information content (AvgIpc) is 2.45. The standard InChI is InChI=1S/C10H10O3/c1-6-7-4-2-3-5-8(7)13-9(6)10(11)12/h2-6,9H,1H3,(H,11,12)/p-1. The van der Waals surface area contributed by atoms with E-state index in [9.17, 15) is 9.90 Å². The maximum Gasteiger partial charge on any atom is 0.145 e. The van der Waals surface area contributed by atoms with Crippen molar-refractivity contribution in [3.63, 3.8) is 0 Å². The largest absolute Gasteiger partial charge is 0.546 e. The predicted octanol–water partition coefficient (Wildman–Crippen LogP) is 0.301. The van der Waals surface area contributed by atoms with Gasteiger partial charge < -0.3 is 14.6 Å². The van der Waals surface area contributed by atoms with Gasteiger partial charge in [-0.3, -0.25) is 0 Å². The second-order valence-corrected chi connectivity index (χ2v) is 3.18. The van der Waals surface area contributed by atoms with Crippen LogP contribution < -0.4 is 9.84 Å². The quantitative estimate of drug-likeness (QED) is 0.620. The van der Waals surface area contributed by atoms with E-state index in [-0.39, 0.29) is 5.92 Å². The van der Waals surface area contributed by atoms with Crippen LogP contribution in [0.5, 0.6) is 5.75 Å². The number of benzene rings is 1. The first kappa shape index (κ1) is 8.10. The molecule has 2 atom stereocenters. The van der Waals surface area contributed by atoms with Crippen molar-refractivity contribution < 1.29 is 14.6 Å². The van der Waals surface area contributed by atoms with Gasteiger partial charge in [0.15, 0.2) is 0 Å². The molecule has 0 spiro atoms. The monoisotopic (exact) mass is 177 g/mol. The van der Waals surface area contributed by atoms with Crippen LogP contribution in [0.15, 0.2) is 24.3 Å². The van der Waals surface area contributed by atoms with E-state index in [4.69, 9.17) is 4.74 Å². The van der Waals surface area contributed by atoms with Crippen LogP contribution in [0.1, 0.15) is 18.4 Å². The van der Waals surface area contributed by atoms with Gasteiger partial charge in [0.1, 0.15) is 11.9 Å². The fourth-order valence-corrected chi connectivity index (χ4v) is 1.62. The van der Waals surface area contributed by atoms with Crippen LogP contribution in [0.4, 0.5) is 0 Å². The molecule has 68 valence electrons. The normalized spacial score (nSPS) is 25.0. The summed E-state index contributed by atoms with van der Waals surface area (Å²) in [4.78, 5) is 10.6. The Labute approximate surface area is 76.0 Å². The van der Waals surface area contributed by atoms with Crippen LogP contribution >= 0.6 is 0 Å². The van der Waals surface area contributed by atoms with Gasteiger partial charge in [0.05, 0.1) is 5.97 Å². The Balaban J connectivity index is 2.38. The van der Waals surface area contributed by atoms with E-state index in [1.165, 1.54) is 0 Å². The van der Waals surface area contributed by atoms with Crippen molar-refractivity contribution in [2.24, 2.45) is 0 Å². The molecule has 0 bridgehead atoms. The molecule has 1 aromatic carbocycles. The number of rotatable bonds is 1. The van der Waals surface area contributed by atoms with Crippen molar-refractivity contribution in [3.8, 4) is 5.75 Å². The zero-order valence-electron chi connectivity index (χ0n) is 7.19. The lowest BCUT2D eigenvalue weighted by molar-refractivity contribution is -0.313. The van der Waals surface area contributed by atoms with Crippen molar-refractivity contribution >= 4 is 5.97 Å². The molecule has 2 unspecified atom stereocenters. The second kappa shape index (κ2) is 2.76. The van der Waals surface area contributed by atoms with Gasteiger partial charge in [0.2, 0.25) is 0 Å². The number of fused-ring (bicyclic) bond motifs is 1. The van der Waals surface area contributed by atoms with Crippen LogP contribution in [0.2, 0.25) is 0 Å². The smallest absolute Gasteiger partial charge is 0.145 e. The van der Waals surface area contributed by atoms with Crippen molar-refractivity contribution in [1.82, 2.24) is 0 Å². The molecule has 0 radical (unpaired) electrons. The number of para-hydroxylation sites is 1. The number of hydrogen-bond acceptors (Lipinski definition) is 3. The molecule has 13 heavy (non-hydrogen) atoms. The van der Waals surface area contributed by atoms with Crippen LogP contribution in [0, 0.1) is 0 Å². The number of carbonyl (C=O) groups excluding carboxylic acids is 1. The van der Waals surface area contributed by atoms with Crippen LogP contribution in [0.3, 0.4) is 0 Å². The fourth-order valence-electron chi connectivity index (χ4n) is 1.62.